The zero-order chi connectivity index (χ0) is 15.4. The Kier molecular flexibility index (Phi) is 4.32. The summed E-state index contributed by atoms with van der Waals surface area (Å²) in [4.78, 5) is 12.0. The predicted molar refractivity (Wildman–Crippen MR) is 77.9 cm³/mol. The first-order valence-electron chi connectivity index (χ1n) is 5.76. The highest BCUT2D eigenvalue weighted by Crippen LogP contribution is 2.19. The average Bonchev–Trinajstić information content (AvgIpc) is 2.49. The number of carbonyl (C=O) groups is 1. The summed E-state index contributed by atoms with van der Waals surface area (Å²) in [6, 6.07) is 12.1. The lowest BCUT2D eigenvalue weighted by molar-refractivity contribution is 0.102. The van der Waals surface area contributed by atoms with E-state index >= 15 is 0 Å². The Morgan fingerprint density at radius 1 is 1.10 bits per heavy atom. The summed E-state index contributed by atoms with van der Waals surface area (Å²) >= 11 is 3.01. The Morgan fingerprint density at radius 3 is 2.43 bits per heavy atom. The van der Waals surface area contributed by atoms with E-state index in [4.69, 9.17) is 10.5 Å². The van der Waals surface area contributed by atoms with Crippen molar-refractivity contribution >= 4 is 27.5 Å². The maximum Gasteiger partial charge on any atom is 0.255 e. The zero-order valence-corrected chi connectivity index (χ0v) is 12.1. The van der Waals surface area contributed by atoms with E-state index in [0.29, 0.717) is 5.69 Å². The van der Waals surface area contributed by atoms with Crippen molar-refractivity contribution in [3.8, 4) is 12.1 Å². The van der Waals surface area contributed by atoms with Gasteiger partial charge in [0.2, 0.25) is 0 Å². The molecule has 21 heavy (non-hydrogen) atoms. The molecule has 0 radical (unpaired) electrons. The van der Waals surface area contributed by atoms with Gasteiger partial charge in [0.05, 0.1) is 15.6 Å². The van der Waals surface area contributed by atoms with Crippen LogP contribution in [0.4, 0.5) is 10.1 Å². The molecule has 0 heterocycles. The SMILES string of the molecule is N#Cc1ccc(NC(=O)c2ccc(F)c(Br)c2)cc1C#N. The van der Waals surface area contributed by atoms with Crippen LogP contribution in [0, 0.1) is 28.5 Å². The highest BCUT2D eigenvalue weighted by molar-refractivity contribution is 9.10. The van der Waals surface area contributed by atoms with Crippen molar-refractivity contribution in [1.29, 1.82) is 10.5 Å². The molecule has 0 aromatic heterocycles. The molecular weight excluding hydrogens is 337 g/mol. The molecule has 102 valence electrons. The summed E-state index contributed by atoms with van der Waals surface area (Å²) in [7, 11) is 0. The van der Waals surface area contributed by atoms with E-state index in [1.807, 2.05) is 12.1 Å². The van der Waals surface area contributed by atoms with E-state index in [1.165, 1.54) is 36.4 Å². The summed E-state index contributed by atoms with van der Waals surface area (Å²) in [5, 5.41) is 20.3. The van der Waals surface area contributed by atoms with Gasteiger partial charge in [0.25, 0.3) is 5.91 Å². The Hall–Kier alpha value is -2.70. The molecule has 1 N–H and O–H groups in total. The monoisotopic (exact) mass is 343 g/mol. The topological polar surface area (TPSA) is 76.7 Å². The van der Waals surface area contributed by atoms with Gasteiger partial charge in [-0.1, -0.05) is 0 Å². The maximum atomic E-state index is 13.1. The van der Waals surface area contributed by atoms with Crippen molar-refractivity contribution < 1.29 is 9.18 Å². The molecule has 0 atom stereocenters. The van der Waals surface area contributed by atoms with E-state index in [9.17, 15) is 9.18 Å². The highest BCUT2D eigenvalue weighted by Gasteiger charge is 2.10. The second-order valence-corrected chi connectivity index (χ2v) is 4.92. The van der Waals surface area contributed by atoms with Crippen LogP contribution >= 0.6 is 15.9 Å². The highest BCUT2D eigenvalue weighted by atomic mass is 79.9. The van der Waals surface area contributed by atoms with Gasteiger partial charge in [-0.15, -0.1) is 0 Å². The normalized spacial score (nSPS) is 9.52. The summed E-state index contributed by atoms with van der Waals surface area (Å²) in [6.07, 6.45) is 0. The number of amides is 1. The van der Waals surface area contributed by atoms with Crippen molar-refractivity contribution in [3.05, 3.63) is 63.4 Å². The number of rotatable bonds is 2. The smallest absolute Gasteiger partial charge is 0.255 e. The Labute approximate surface area is 128 Å². The summed E-state index contributed by atoms with van der Waals surface area (Å²) in [6.45, 7) is 0. The van der Waals surface area contributed by atoms with Crippen molar-refractivity contribution in [2.75, 3.05) is 5.32 Å². The number of nitrogens with zero attached hydrogens (tertiary/aromatic N) is 2. The van der Waals surface area contributed by atoms with Crippen LogP contribution in [0.5, 0.6) is 0 Å². The van der Waals surface area contributed by atoms with Gasteiger partial charge in [0.15, 0.2) is 0 Å². The number of nitriles is 2. The lowest BCUT2D eigenvalue weighted by atomic mass is 10.1. The second kappa shape index (κ2) is 6.17. The average molecular weight is 344 g/mol. The molecule has 1 amide bonds. The molecule has 2 aromatic rings. The maximum absolute atomic E-state index is 13.1. The fourth-order valence-corrected chi connectivity index (χ4v) is 2.03. The van der Waals surface area contributed by atoms with Gasteiger partial charge in [-0.3, -0.25) is 4.79 Å². The van der Waals surface area contributed by atoms with Gasteiger partial charge < -0.3 is 5.32 Å². The minimum atomic E-state index is -0.461. The molecule has 0 saturated heterocycles. The third-order valence-electron chi connectivity index (χ3n) is 2.70. The fraction of sp³-hybridized carbons (Fsp3) is 0. The number of carbonyl (C=O) groups excluding carboxylic acids is 1. The van der Waals surface area contributed by atoms with Crippen molar-refractivity contribution in [2.45, 2.75) is 0 Å². The summed E-state index contributed by atoms with van der Waals surface area (Å²) in [5.41, 5.74) is 1.07. The van der Waals surface area contributed by atoms with Crippen LogP contribution in [-0.2, 0) is 0 Å². The Balaban J connectivity index is 2.26. The van der Waals surface area contributed by atoms with Gasteiger partial charge in [0, 0.05) is 11.3 Å². The number of hydrogen-bond donors (Lipinski definition) is 1. The van der Waals surface area contributed by atoms with Crippen LogP contribution in [-0.4, -0.2) is 5.91 Å². The van der Waals surface area contributed by atoms with E-state index in [1.54, 1.807) is 0 Å². The molecule has 0 aliphatic rings. The van der Waals surface area contributed by atoms with Gasteiger partial charge in [-0.2, -0.15) is 10.5 Å². The number of hydrogen-bond acceptors (Lipinski definition) is 3. The minimum absolute atomic E-state index is 0.176. The molecule has 0 unspecified atom stereocenters. The second-order valence-electron chi connectivity index (χ2n) is 4.07. The van der Waals surface area contributed by atoms with Gasteiger partial charge in [-0.05, 0) is 52.3 Å². The number of benzene rings is 2. The largest absolute Gasteiger partial charge is 0.322 e. The number of nitrogens with one attached hydrogen (secondary N) is 1. The van der Waals surface area contributed by atoms with E-state index in [2.05, 4.69) is 21.2 Å². The Morgan fingerprint density at radius 2 is 1.81 bits per heavy atom. The molecule has 0 fully saturated rings. The third kappa shape index (κ3) is 3.25. The van der Waals surface area contributed by atoms with Gasteiger partial charge in [0.1, 0.15) is 18.0 Å². The van der Waals surface area contributed by atoms with Crippen molar-refractivity contribution in [2.24, 2.45) is 0 Å². The van der Waals surface area contributed by atoms with E-state index < -0.39 is 11.7 Å². The first-order chi connectivity index (χ1) is 10.0. The quantitative estimate of drug-likeness (QED) is 0.905. The van der Waals surface area contributed by atoms with Crippen LogP contribution < -0.4 is 5.32 Å². The molecule has 2 rings (SSSR count). The standard InChI is InChI=1S/C15H7BrFN3O/c16-13-6-9(2-4-14(13)17)15(21)20-12-3-1-10(7-18)11(5-12)8-19/h1-6H,(H,20,21). The first-order valence-corrected chi connectivity index (χ1v) is 6.55. The number of halogens is 2. The molecule has 4 nitrogen and oxygen atoms in total. The van der Waals surface area contributed by atoms with Crippen LogP contribution in [0.15, 0.2) is 40.9 Å². The van der Waals surface area contributed by atoms with Gasteiger partial charge in [-0.25, -0.2) is 4.39 Å². The molecule has 0 spiro atoms. The molecule has 2 aromatic carbocycles. The van der Waals surface area contributed by atoms with Gasteiger partial charge >= 0.3 is 0 Å². The fourth-order valence-electron chi connectivity index (χ4n) is 1.65. The molecule has 0 bridgehead atoms. The molecule has 0 saturated carbocycles. The molecule has 0 aliphatic heterocycles. The van der Waals surface area contributed by atoms with Crippen LogP contribution in [0.3, 0.4) is 0 Å². The van der Waals surface area contributed by atoms with Crippen LogP contribution in [0.25, 0.3) is 0 Å². The predicted octanol–water partition coefficient (Wildman–Crippen LogP) is 3.58. The Bertz CT molecular complexity index is 806. The molecule has 0 aliphatic carbocycles. The van der Waals surface area contributed by atoms with E-state index in [-0.39, 0.29) is 21.2 Å². The van der Waals surface area contributed by atoms with Crippen LogP contribution in [0.2, 0.25) is 0 Å². The molecule has 6 heteroatoms. The zero-order valence-electron chi connectivity index (χ0n) is 10.5. The lowest BCUT2D eigenvalue weighted by Gasteiger charge is -2.07. The van der Waals surface area contributed by atoms with Crippen LogP contribution in [0.1, 0.15) is 21.5 Å². The van der Waals surface area contributed by atoms with Crippen molar-refractivity contribution in [3.63, 3.8) is 0 Å². The van der Waals surface area contributed by atoms with Crippen molar-refractivity contribution in [1.82, 2.24) is 0 Å². The third-order valence-corrected chi connectivity index (χ3v) is 3.31. The van der Waals surface area contributed by atoms with E-state index in [0.717, 1.165) is 0 Å². The number of anilines is 1. The summed E-state index contributed by atoms with van der Waals surface area (Å²) < 4.78 is 13.3. The molecular formula is C15H7BrFN3O. The lowest BCUT2D eigenvalue weighted by Crippen LogP contribution is -2.12. The first kappa shape index (κ1) is 14.7. The summed E-state index contributed by atoms with van der Waals surface area (Å²) in [5.74, 6) is -0.902. The minimum Gasteiger partial charge on any atom is -0.322 e.